The molecule has 0 aliphatic rings. The molecule has 0 heterocycles. The van der Waals surface area contributed by atoms with Gasteiger partial charge in [0.2, 0.25) is 0 Å². The van der Waals surface area contributed by atoms with Crippen LogP contribution in [0.2, 0.25) is 5.02 Å². The number of hydrogen-bond acceptors (Lipinski definition) is 2. The molecule has 0 radical (unpaired) electrons. The first-order valence-electron chi connectivity index (χ1n) is 6.30. The predicted octanol–water partition coefficient (Wildman–Crippen LogP) is 4.16. The summed E-state index contributed by atoms with van der Waals surface area (Å²) in [5.41, 5.74) is 9.75. The third-order valence-corrected chi connectivity index (χ3v) is 3.65. The fourth-order valence-electron chi connectivity index (χ4n) is 1.96. The minimum atomic E-state index is 0.643. The number of nitrogen functional groups attached to an aromatic ring is 1. The van der Waals surface area contributed by atoms with Gasteiger partial charge in [-0.15, -0.1) is 0 Å². The highest BCUT2D eigenvalue weighted by atomic mass is 35.5. The molecule has 2 N–H and O–H groups in total. The van der Waals surface area contributed by atoms with Crippen LogP contribution in [-0.2, 0) is 6.42 Å². The van der Waals surface area contributed by atoms with E-state index in [2.05, 4.69) is 0 Å². The Labute approximate surface area is 119 Å². The Kier molecular flexibility index (Phi) is 4.33. The molecular formula is C16H18ClNO. The van der Waals surface area contributed by atoms with E-state index in [4.69, 9.17) is 22.1 Å². The minimum Gasteiger partial charge on any atom is -0.493 e. The van der Waals surface area contributed by atoms with E-state index in [1.165, 1.54) is 5.56 Å². The zero-order valence-corrected chi connectivity index (χ0v) is 12.0. The van der Waals surface area contributed by atoms with Crippen molar-refractivity contribution in [2.24, 2.45) is 0 Å². The van der Waals surface area contributed by atoms with Crippen LogP contribution in [0.5, 0.6) is 5.75 Å². The van der Waals surface area contributed by atoms with Crippen LogP contribution in [0.4, 0.5) is 5.69 Å². The third-order valence-electron chi connectivity index (χ3n) is 3.05. The second-order valence-electron chi connectivity index (χ2n) is 4.71. The summed E-state index contributed by atoms with van der Waals surface area (Å²) in [6, 6.07) is 11.8. The Balaban J connectivity index is 1.94. The molecule has 0 saturated heterocycles. The lowest BCUT2D eigenvalue weighted by molar-refractivity contribution is 0.321. The second kappa shape index (κ2) is 5.98. The second-order valence-corrected chi connectivity index (χ2v) is 5.09. The van der Waals surface area contributed by atoms with Gasteiger partial charge in [-0.2, -0.15) is 0 Å². The van der Waals surface area contributed by atoms with E-state index < -0.39 is 0 Å². The van der Waals surface area contributed by atoms with Gasteiger partial charge >= 0.3 is 0 Å². The van der Waals surface area contributed by atoms with Crippen LogP contribution < -0.4 is 10.5 Å². The highest BCUT2D eigenvalue weighted by Crippen LogP contribution is 2.25. The molecule has 100 valence electrons. The topological polar surface area (TPSA) is 35.2 Å². The molecule has 2 aromatic carbocycles. The SMILES string of the molecule is Cc1cc(OCCc2ccc(N)cc2)cc(C)c1Cl. The Bertz CT molecular complexity index is 540. The number of nitrogens with two attached hydrogens (primary N) is 1. The summed E-state index contributed by atoms with van der Waals surface area (Å²) in [6.07, 6.45) is 0.862. The highest BCUT2D eigenvalue weighted by Gasteiger charge is 2.03. The molecule has 3 heteroatoms. The van der Waals surface area contributed by atoms with Crippen molar-refractivity contribution < 1.29 is 4.74 Å². The van der Waals surface area contributed by atoms with Crippen LogP contribution in [0.3, 0.4) is 0 Å². The number of anilines is 1. The van der Waals surface area contributed by atoms with E-state index in [1.54, 1.807) is 0 Å². The summed E-state index contributed by atoms with van der Waals surface area (Å²) in [6.45, 7) is 4.62. The van der Waals surface area contributed by atoms with Gasteiger partial charge in [0.1, 0.15) is 5.75 Å². The van der Waals surface area contributed by atoms with Gasteiger partial charge in [0.15, 0.2) is 0 Å². The Morgan fingerprint density at radius 1 is 1.05 bits per heavy atom. The number of hydrogen-bond donors (Lipinski definition) is 1. The maximum absolute atomic E-state index is 6.13. The van der Waals surface area contributed by atoms with Gasteiger partial charge in [0.25, 0.3) is 0 Å². The molecule has 0 unspecified atom stereocenters. The molecule has 19 heavy (non-hydrogen) atoms. The molecular weight excluding hydrogens is 258 g/mol. The molecule has 0 aromatic heterocycles. The van der Waals surface area contributed by atoms with Crippen molar-refractivity contribution in [3.8, 4) is 5.75 Å². The van der Waals surface area contributed by atoms with Crippen molar-refractivity contribution in [2.45, 2.75) is 20.3 Å². The Morgan fingerprint density at radius 3 is 2.21 bits per heavy atom. The lowest BCUT2D eigenvalue weighted by Crippen LogP contribution is -2.02. The number of halogens is 1. The van der Waals surface area contributed by atoms with Gasteiger partial charge in [-0.25, -0.2) is 0 Å². The van der Waals surface area contributed by atoms with Gasteiger partial charge in [-0.3, -0.25) is 0 Å². The molecule has 0 spiro atoms. The van der Waals surface area contributed by atoms with E-state index in [0.717, 1.165) is 34.0 Å². The van der Waals surface area contributed by atoms with Crippen molar-refractivity contribution >= 4 is 17.3 Å². The fraction of sp³-hybridized carbons (Fsp3) is 0.250. The summed E-state index contributed by atoms with van der Waals surface area (Å²) < 4.78 is 5.77. The van der Waals surface area contributed by atoms with Crippen LogP contribution in [0.15, 0.2) is 36.4 Å². The third kappa shape index (κ3) is 3.65. The van der Waals surface area contributed by atoms with Crippen LogP contribution >= 0.6 is 11.6 Å². The minimum absolute atomic E-state index is 0.643. The van der Waals surface area contributed by atoms with Crippen LogP contribution in [0.25, 0.3) is 0 Å². The van der Waals surface area contributed by atoms with E-state index in [0.29, 0.717) is 6.61 Å². The summed E-state index contributed by atoms with van der Waals surface area (Å²) in [5.74, 6) is 0.870. The number of benzene rings is 2. The van der Waals surface area contributed by atoms with Crippen molar-refractivity contribution in [2.75, 3.05) is 12.3 Å². The molecule has 2 rings (SSSR count). The van der Waals surface area contributed by atoms with E-state index in [9.17, 15) is 0 Å². The fourth-order valence-corrected chi connectivity index (χ4v) is 2.07. The summed E-state index contributed by atoms with van der Waals surface area (Å²) >= 11 is 6.13. The molecule has 0 fully saturated rings. The average Bonchev–Trinajstić information content (AvgIpc) is 2.38. The van der Waals surface area contributed by atoms with Crippen molar-refractivity contribution in [1.82, 2.24) is 0 Å². The molecule has 0 saturated carbocycles. The maximum Gasteiger partial charge on any atom is 0.119 e. The van der Waals surface area contributed by atoms with E-state index in [1.807, 2.05) is 50.2 Å². The highest BCUT2D eigenvalue weighted by molar-refractivity contribution is 6.32. The monoisotopic (exact) mass is 275 g/mol. The first kappa shape index (κ1) is 13.8. The van der Waals surface area contributed by atoms with Crippen molar-refractivity contribution in [3.05, 3.63) is 58.1 Å². The molecule has 0 bridgehead atoms. The zero-order chi connectivity index (χ0) is 13.8. The van der Waals surface area contributed by atoms with E-state index >= 15 is 0 Å². The van der Waals surface area contributed by atoms with Crippen LogP contribution in [0.1, 0.15) is 16.7 Å². The largest absolute Gasteiger partial charge is 0.493 e. The maximum atomic E-state index is 6.13. The molecule has 0 amide bonds. The van der Waals surface area contributed by atoms with E-state index in [-0.39, 0.29) is 0 Å². The van der Waals surface area contributed by atoms with Crippen LogP contribution in [0, 0.1) is 13.8 Å². The number of ether oxygens (including phenoxy) is 1. The number of aryl methyl sites for hydroxylation is 2. The first-order valence-corrected chi connectivity index (χ1v) is 6.68. The van der Waals surface area contributed by atoms with Crippen molar-refractivity contribution in [1.29, 1.82) is 0 Å². The summed E-state index contributed by atoms with van der Waals surface area (Å²) in [5, 5.41) is 0.811. The Hall–Kier alpha value is -1.67. The molecule has 0 aliphatic carbocycles. The number of rotatable bonds is 4. The quantitative estimate of drug-likeness (QED) is 0.851. The molecule has 2 aromatic rings. The first-order chi connectivity index (χ1) is 9.06. The van der Waals surface area contributed by atoms with Gasteiger partial charge in [-0.05, 0) is 54.8 Å². The smallest absolute Gasteiger partial charge is 0.119 e. The zero-order valence-electron chi connectivity index (χ0n) is 11.2. The van der Waals surface area contributed by atoms with Crippen LogP contribution in [-0.4, -0.2) is 6.61 Å². The van der Waals surface area contributed by atoms with Crippen molar-refractivity contribution in [3.63, 3.8) is 0 Å². The lowest BCUT2D eigenvalue weighted by Gasteiger charge is -2.10. The molecule has 2 nitrogen and oxygen atoms in total. The van der Waals surface area contributed by atoms with Gasteiger partial charge < -0.3 is 10.5 Å². The lowest BCUT2D eigenvalue weighted by atomic mass is 10.1. The predicted molar refractivity (Wildman–Crippen MR) is 81.0 cm³/mol. The molecule has 0 aliphatic heterocycles. The standard InChI is InChI=1S/C16H18ClNO/c1-11-9-15(10-12(2)16(11)17)19-8-7-13-3-5-14(18)6-4-13/h3-6,9-10H,7-8,18H2,1-2H3. The molecule has 0 atom stereocenters. The normalized spacial score (nSPS) is 10.5. The summed E-state index contributed by atoms with van der Waals surface area (Å²) in [7, 11) is 0. The van der Waals surface area contributed by atoms with Gasteiger partial charge in [0, 0.05) is 17.1 Å². The van der Waals surface area contributed by atoms with Gasteiger partial charge in [-0.1, -0.05) is 23.7 Å². The average molecular weight is 276 g/mol. The summed E-state index contributed by atoms with van der Waals surface area (Å²) in [4.78, 5) is 0. The Morgan fingerprint density at radius 2 is 1.63 bits per heavy atom. The van der Waals surface area contributed by atoms with Gasteiger partial charge in [0.05, 0.1) is 6.61 Å².